The SMILES string of the molecule is CN(C)c1ccc(-c2cccc(-c3cn(C(=O)N(C)C45CC6CC7CC(C4)C7(C6)C5)cn3)c2)cc1. The van der Waals surface area contributed by atoms with Crippen molar-refractivity contribution in [3.8, 4) is 22.4 Å². The van der Waals surface area contributed by atoms with Gasteiger partial charge in [-0.3, -0.25) is 4.57 Å². The van der Waals surface area contributed by atoms with Crippen molar-refractivity contribution in [1.82, 2.24) is 14.5 Å². The van der Waals surface area contributed by atoms with Crippen LogP contribution in [0.4, 0.5) is 10.5 Å². The molecule has 0 aliphatic heterocycles. The summed E-state index contributed by atoms with van der Waals surface area (Å²) in [4.78, 5) is 22.5. The topological polar surface area (TPSA) is 41.4 Å². The van der Waals surface area contributed by atoms with Gasteiger partial charge in [0.05, 0.1) is 5.69 Å². The highest BCUT2D eigenvalue weighted by molar-refractivity contribution is 5.79. The molecule has 2 aromatic carbocycles. The Hall–Kier alpha value is -3.08. The van der Waals surface area contributed by atoms with Crippen LogP contribution in [0.5, 0.6) is 0 Å². The van der Waals surface area contributed by atoms with Crippen LogP contribution in [0, 0.1) is 23.2 Å². The van der Waals surface area contributed by atoms with Gasteiger partial charge in [-0.25, -0.2) is 9.78 Å². The van der Waals surface area contributed by atoms with Crippen LogP contribution in [0.3, 0.4) is 0 Å². The maximum atomic E-state index is 13.6. The highest BCUT2D eigenvalue weighted by Crippen LogP contribution is 2.77. The Labute approximate surface area is 207 Å². The molecule has 35 heavy (non-hydrogen) atoms. The second-order valence-corrected chi connectivity index (χ2v) is 12.0. The molecule has 1 spiro atoms. The fourth-order valence-corrected chi connectivity index (χ4v) is 8.47. The van der Waals surface area contributed by atoms with Gasteiger partial charge >= 0.3 is 6.03 Å². The van der Waals surface area contributed by atoms with Crippen LogP contribution >= 0.6 is 0 Å². The van der Waals surface area contributed by atoms with Crippen molar-refractivity contribution in [3.05, 3.63) is 61.1 Å². The van der Waals surface area contributed by atoms with Crippen molar-refractivity contribution in [2.45, 2.75) is 44.1 Å². The second-order valence-electron chi connectivity index (χ2n) is 12.0. The van der Waals surface area contributed by atoms with Crippen molar-refractivity contribution in [2.24, 2.45) is 23.2 Å². The molecule has 1 amide bonds. The Kier molecular flexibility index (Phi) is 4.38. The number of carbonyl (C=O) groups excluding carboxylic acids is 1. The first-order valence-electron chi connectivity index (χ1n) is 13.1. The number of imidazole rings is 1. The van der Waals surface area contributed by atoms with Crippen molar-refractivity contribution in [1.29, 1.82) is 0 Å². The standard InChI is InChI=1S/C30H34N4O/c1-32(2)26-9-7-21(8-10-26)22-5-4-6-23(12-22)27-17-34(19-31-27)28(35)33(3)29-14-20-11-24-13-25(16-29)30(24,15-20)18-29/h4-10,12,17,19-20,24-25H,11,13-16,18H2,1-3H3. The first kappa shape index (κ1) is 21.2. The van der Waals surface area contributed by atoms with Crippen molar-refractivity contribution in [3.63, 3.8) is 0 Å². The second kappa shape index (κ2) is 7.22. The van der Waals surface area contributed by atoms with Gasteiger partial charge in [-0.05, 0) is 91.0 Å². The highest BCUT2D eigenvalue weighted by atomic mass is 16.2. The number of amides is 1. The number of carbonyl (C=O) groups is 1. The van der Waals surface area contributed by atoms with Gasteiger partial charge in [0.15, 0.2) is 0 Å². The maximum Gasteiger partial charge on any atom is 0.329 e. The molecule has 0 radical (unpaired) electrons. The summed E-state index contributed by atoms with van der Waals surface area (Å²) in [7, 11) is 6.15. The molecule has 7 rings (SSSR count). The van der Waals surface area contributed by atoms with Gasteiger partial charge in [-0.2, -0.15) is 0 Å². The molecule has 3 bridgehead atoms. The smallest absolute Gasteiger partial charge is 0.329 e. The monoisotopic (exact) mass is 466 g/mol. The van der Waals surface area contributed by atoms with Crippen LogP contribution in [0.25, 0.3) is 22.4 Å². The van der Waals surface area contributed by atoms with Crippen molar-refractivity contribution >= 4 is 11.7 Å². The Morgan fingerprint density at radius 2 is 1.74 bits per heavy atom. The third-order valence-electron chi connectivity index (χ3n) is 10.1. The zero-order valence-electron chi connectivity index (χ0n) is 20.9. The predicted octanol–water partition coefficient (Wildman–Crippen LogP) is 6.15. The van der Waals surface area contributed by atoms with E-state index in [2.05, 4.69) is 77.4 Å². The molecular formula is C30H34N4O. The average Bonchev–Trinajstić information content (AvgIpc) is 3.49. The Morgan fingerprint density at radius 3 is 2.54 bits per heavy atom. The van der Waals surface area contributed by atoms with Gasteiger partial charge in [-0.15, -0.1) is 0 Å². The number of hydrogen-bond acceptors (Lipinski definition) is 3. The normalized spacial score (nSPS) is 31.8. The molecule has 5 heteroatoms. The summed E-state index contributed by atoms with van der Waals surface area (Å²) in [6.45, 7) is 0. The van der Waals surface area contributed by atoms with Crippen LogP contribution in [0.1, 0.15) is 38.5 Å². The number of fused-ring (bicyclic) bond motifs is 2. The van der Waals surface area contributed by atoms with E-state index in [9.17, 15) is 4.79 Å². The van der Waals surface area contributed by atoms with Gasteiger partial charge in [-0.1, -0.05) is 30.3 Å². The molecule has 4 saturated carbocycles. The van der Waals surface area contributed by atoms with Gasteiger partial charge in [0.25, 0.3) is 0 Å². The van der Waals surface area contributed by atoms with E-state index in [4.69, 9.17) is 0 Å². The summed E-state index contributed by atoms with van der Waals surface area (Å²) in [5.74, 6) is 2.61. The molecule has 4 aliphatic rings. The van der Waals surface area contributed by atoms with E-state index in [0.717, 1.165) is 34.6 Å². The van der Waals surface area contributed by atoms with E-state index < -0.39 is 0 Å². The summed E-state index contributed by atoms with van der Waals surface area (Å²) in [5, 5.41) is 0. The Bertz CT molecular complexity index is 1310. The van der Waals surface area contributed by atoms with Crippen LogP contribution < -0.4 is 4.90 Å². The van der Waals surface area contributed by atoms with E-state index in [1.807, 2.05) is 13.2 Å². The van der Waals surface area contributed by atoms with Crippen molar-refractivity contribution < 1.29 is 4.79 Å². The minimum atomic E-state index is 0.0546. The minimum Gasteiger partial charge on any atom is -0.378 e. The summed E-state index contributed by atoms with van der Waals surface area (Å²) in [6.07, 6.45) is 11.5. The van der Waals surface area contributed by atoms with Crippen LogP contribution in [-0.2, 0) is 0 Å². The fraction of sp³-hybridized carbons (Fsp3) is 0.467. The van der Waals surface area contributed by atoms with E-state index in [-0.39, 0.29) is 11.6 Å². The summed E-state index contributed by atoms with van der Waals surface area (Å²) < 4.78 is 1.70. The summed E-state index contributed by atoms with van der Waals surface area (Å²) >= 11 is 0. The molecule has 0 N–H and O–H groups in total. The largest absolute Gasteiger partial charge is 0.378 e. The number of benzene rings is 2. The van der Waals surface area contributed by atoms with Crippen LogP contribution in [0.2, 0.25) is 0 Å². The maximum absolute atomic E-state index is 13.6. The zero-order chi connectivity index (χ0) is 23.9. The number of hydrogen-bond donors (Lipinski definition) is 0. The zero-order valence-corrected chi connectivity index (χ0v) is 20.9. The minimum absolute atomic E-state index is 0.0546. The highest BCUT2D eigenvalue weighted by Gasteiger charge is 2.72. The number of rotatable bonds is 4. The van der Waals surface area contributed by atoms with E-state index in [1.165, 1.54) is 49.8 Å². The fourth-order valence-electron chi connectivity index (χ4n) is 8.47. The predicted molar refractivity (Wildman–Crippen MR) is 139 cm³/mol. The molecule has 180 valence electrons. The van der Waals surface area contributed by atoms with E-state index >= 15 is 0 Å². The summed E-state index contributed by atoms with van der Waals surface area (Å²) in [6, 6.07) is 17.1. The molecule has 1 heterocycles. The molecule has 4 aliphatic carbocycles. The lowest BCUT2D eigenvalue weighted by Gasteiger charge is -2.49. The molecule has 5 nitrogen and oxygen atoms in total. The number of aromatic nitrogens is 2. The van der Waals surface area contributed by atoms with Crippen molar-refractivity contribution in [2.75, 3.05) is 26.0 Å². The molecule has 5 unspecified atom stereocenters. The molecule has 3 aromatic rings. The molecular weight excluding hydrogens is 432 g/mol. The van der Waals surface area contributed by atoms with E-state index in [0.29, 0.717) is 5.41 Å². The quantitative estimate of drug-likeness (QED) is 0.463. The first-order chi connectivity index (χ1) is 16.9. The van der Waals surface area contributed by atoms with Gasteiger partial charge in [0, 0.05) is 44.1 Å². The lowest BCUT2D eigenvalue weighted by atomic mass is 9.56. The number of anilines is 1. The van der Waals surface area contributed by atoms with Crippen LogP contribution in [-0.4, -0.2) is 47.2 Å². The molecule has 5 atom stereocenters. The first-order valence-corrected chi connectivity index (χ1v) is 13.1. The summed E-state index contributed by atoms with van der Waals surface area (Å²) in [5.41, 5.74) is 6.00. The van der Waals surface area contributed by atoms with Gasteiger partial charge < -0.3 is 9.80 Å². The molecule has 1 aromatic heterocycles. The molecule has 4 fully saturated rings. The number of nitrogens with zero attached hydrogens (tertiary/aromatic N) is 4. The third kappa shape index (κ3) is 3.00. The lowest BCUT2D eigenvalue weighted by molar-refractivity contribution is -0.00417. The lowest BCUT2D eigenvalue weighted by Crippen LogP contribution is -2.52. The van der Waals surface area contributed by atoms with Crippen LogP contribution in [0.15, 0.2) is 61.1 Å². The van der Waals surface area contributed by atoms with Gasteiger partial charge in [0.2, 0.25) is 0 Å². The Balaban J connectivity index is 1.13. The average molecular weight is 467 g/mol. The van der Waals surface area contributed by atoms with Gasteiger partial charge in [0.1, 0.15) is 6.33 Å². The van der Waals surface area contributed by atoms with E-state index in [1.54, 1.807) is 10.9 Å². The Morgan fingerprint density at radius 1 is 0.943 bits per heavy atom. The molecule has 0 saturated heterocycles. The third-order valence-corrected chi connectivity index (χ3v) is 10.1.